The fourth-order valence-electron chi connectivity index (χ4n) is 3.68. The predicted octanol–water partition coefficient (Wildman–Crippen LogP) is 2.85. The zero-order valence-electron chi connectivity index (χ0n) is 19.1. The van der Waals surface area contributed by atoms with E-state index in [0.717, 1.165) is 27.1 Å². The summed E-state index contributed by atoms with van der Waals surface area (Å²) >= 11 is 0. The van der Waals surface area contributed by atoms with Gasteiger partial charge in [0.05, 0.1) is 12.7 Å². The average Bonchev–Trinajstić information content (AvgIpc) is 3.48. The lowest BCUT2D eigenvalue weighted by Gasteiger charge is -2.06. The third-order valence-electron chi connectivity index (χ3n) is 5.48. The number of hydrogen-bond donors (Lipinski definition) is 1. The Morgan fingerprint density at radius 1 is 1.11 bits per heavy atom. The Bertz CT molecular complexity index is 1570. The van der Waals surface area contributed by atoms with Gasteiger partial charge in [-0.05, 0) is 42.8 Å². The molecule has 5 rings (SSSR count). The second-order valence-corrected chi connectivity index (χ2v) is 7.97. The van der Waals surface area contributed by atoms with E-state index in [4.69, 9.17) is 9.26 Å². The van der Waals surface area contributed by atoms with Crippen LogP contribution < -0.4 is 15.7 Å². The third kappa shape index (κ3) is 4.54. The van der Waals surface area contributed by atoms with Gasteiger partial charge >= 0.3 is 5.69 Å². The summed E-state index contributed by atoms with van der Waals surface area (Å²) in [6.45, 7) is 2.08. The summed E-state index contributed by atoms with van der Waals surface area (Å²) < 4.78 is 13.1. The van der Waals surface area contributed by atoms with Crippen LogP contribution in [0.5, 0.6) is 5.75 Å². The molecule has 0 saturated heterocycles. The minimum atomic E-state index is -0.445. The Balaban J connectivity index is 1.36. The normalized spacial score (nSPS) is 11.0. The summed E-state index contributed by atoms with van der Waals surface area (Å²) in [6, 6.07) is 18.5. The number of benzene rings is 2. The number of carbonyl (C=O) groups is 1. The quantitative estimate of drug-likeness (QED) is 0.389. The minimum Gasteiger partial charge on any atom is -0.497 e. The first-order valence-corrected chi connectivity index (χ1v) is 10.9. The molecule has 35 heavy (non-hydrogen) atoms. The molecule has 0 unspecified atom stereocenters. The molecule has 5 aromatic rings. The van der Waals surface area contributed by atoms with Gasteiger partial charge in [-0.25, -0.2) is 13.9 Å². The van der Waals surface area contributed by atoms with Crippen LogP contribution >= 0.6 is 0 Å². The highest BCUT2D eigenvalue weighted by atomic mass is 16.5. The van der Waals surface area contributed by atoms with E-state index >= 15 is 0 Å². The van der Waals surface area contributed by atoms with Crippen molar-refractivity contribution in [3.05, 3.63) is 88.5 Å². The highest BCUT2D eigenvalue weighted by Crippen LogP contribution is 2.24. The molecule has 0 spiro atoms. The Morgan fingerprint density at radius 2 is 1.94 bits per heavy atom. The lowest BCUT2D eigenvalue weighted by Crippen LogP contribution is -2.32. The summed E-state index contributed by atoms with van der Waals surface area (Å²) in [4.78, 5) is 29.8. The number of methoxy groups -OCH3 is 1. The van der Waals surface area contributed by atoms with Gasteiger partial charge in [0.25, 0.3) is 5.89 Å². The zero-order valence-corrected chi connectivity index (χ0v) is 19.1. The Morgan fingerprint density at radius 3 is 2.71 bits per heavy atom. The average molecular weight is 470 g/mol. The molecule has 0 aliphatic carbocycles. The monoisotopic (exact) mass is 470 g/mol. The molecule has 2 aromatic carbocycles. The maximum absolute atomic E-state index is 12.9. The molecule has 3 aromatic heterocycles. The second kappa shape index (κ2) is 9.26. The van der Waals surface area contributed by atoms with Crippen LogP contribution in [0.2, 0.25) is 0 Å². The van der Waals surface area contributed by atoms with E-state index in [1.807, 2.05) is 55.5 Å². The van der Waals surface area contributed by atoms with Crippen molar-refractivity contribution in [2.45, 2.75) is 20.0 Å². The molecule has 0 bridgehead atoms. The van der Waals surface area contributed by atoms with E-state index in [2.05, 4.69) is 20.6 Å². The number of hydrogen-bond acceptors (Lipinski definition) is 7. The van der Waals surface area contributed by atoms with E-state index in [-0.39, 0.29) is 18.3 Å². The van der Waals surface area contributed by atoms with Gasteiger partial charge in [0.1, 0.15) is 12.3 Å². The molecule has 10 nitrogen and oxygen atoms in total. The highest BCUT2D eigenvalue weighted by Gasteiger charge is 2.18. The maximum atomic E-state index is 12.9. The number of rotatable bonds is 7. The molecule has 0 radical (unpaired) electrons. The zero-order chi connectivity index (χ0) is 24.4. The number of pyridine rings is 1. The topological polar surface area (TPSA) is 117 Å². The SMILES string of the molecule is COc1ccc(CNC(=O)Cn2nc3c(-c4nc(-c5cccc(C)c5)no4)cccn3c2=O)cc1. The van der Waals surface area contributed by atoms with Gasteiger partial charge in [-0.1, -0.05) is 41.1 Å². The molecule has 3 heterocycles. The molecule has 0 saturated carbocycles. The number of aromatic nitrogens is 5. The van der Waals surface area contributed by atoms with E-state index in [9.17, 15) is 9.59 Å². The van der Waals surface area contributed by atoms with Crippen LogP contribution in [0, 0.1) is 6.92 Å². The number of ether oxygens (including phenoxy) is 1. The number of nitrogens with zero attached hydrogens (tertiary/aromatic N) is 5. The van der Waals surface area contributed by atoms with E-state index in [0.29, 0.717) is 23.6 Å². The van der Waals surface area contributed by atoms with Crippen molar-refractivity contribution in [3.63, 3.8) is 0 Å². The molecule has 0 fully saturated rings. The van der Waals surface area contributed by atoms with E-state index < -0.39 is 5.69 Å². The molecule has 0 aliphatic heterocycles. The van der Waals surface area contributed by atoms with Crippen LogP contribution in [0.15, 0.2) is 76.2 Å². The van der Waals surface area contributed by atoms with Gasteiger partial charge in [0.15, 0.2) is 5.65 Å². The van der Waals surface area contributed by atoms with E-state index in [1.54, 1.807) is 25.4 Å². The Labute approximate surface area is 199 Å². The number of aryl methyl sites for hydroxylation is 1. The lowest BCUT2D eigenvalue weighted by atomic mass is 10.1. The van der Waals surface area contributed by atoms with Crippen molar-refractivity contribution in [1.29, 1.82) is 0 Å². The summed E-state index contributed by atoms with van der Waals surface area (Å²) in [6.07, 6.45) is 1.58. The van der Waals surface area contributed by atoms with Crippen LogP contribution in [0.1, 0.15) is 11.1 Å². The molecule has 0 atom stereocenters. The van der Waals surface area contributed by atoms with Crippen molar-refractivity contribution in [2.24, 2.45) is 0 Å². The third-order valence-corrected chi connectivity index (χ3v) is 5.48. The second-order valence-electron chi connectivity index (χ2n) is 7.97. The summed E-state index contributed by atoms with van der Waals surface area (Å²) in [5.74, 6) is 1.06. The van der Waals surface area contributed by atoms with Gasteiger partial charge in [0, 0.05) is 18.3 Å². The first-order chi connectivity index (χ1) is 17.0. The van der Waals surface area contributed by atoms with Gasteiger partial charge in [-0.2, -0.15) is 4.98 Å². The Hall–Kier alpha value is -4.73. The molecular weight excluding hydrogens is 448 g/mol. The molecule has 0 aliphatic rings. The Kier molecular flexibility index (Phi) is 5.84. The molecule has 10 heteroatoms. The molecule has 176 valence electrons. The van der Waals surface area contributed by atoms with Crippen molar-refractivity contribution in [3.8, 4) is 28.6 Å². The smallest absolute Gasteiger partial charge is 0.350 e. The van der Waals surface area contributed by atoms with Crippen LogP contribution in [0.25, 0.3) is 28.5 Å². The van der Waals surface area contributed by atoms with Crippen molar-refractivity contribution in [1.82, 2.24) is 29.6 Å². The van der Waals surface area contributed by atoms with Crippen molar-refractivity contribution >= 4 is 11.6 Å². The maximum Gasteiger partial charge on any atom is 0.350 e. The highest BCUT2D eigenvalue weighted by molar-refractivity contribution is 5.76. The summed E-state index contributed by atoms with van der Waals surface area (Å²) in [5.41, 5.74) is 3.17. The number of amides is 1. The van der Waals surface area contributed by atoms with Gasteiger partial charge in [-0.15, -0.1) is 5.10 Å². The molecular formula is C25H22N6O4. The van der Waals surface area contributed by atoms with E-state index in [1.165, 1.54) is 4.40 Å². The van der Waals surface area contributed by atoms with Crippen LogP contribution in [-0.2, 0) is 17.9 Å². The van der Waals surface area contributed by atoms with Crippen molar-refractivity contribution < 1.29 is 14.1 Å². The molecule has 1 amide bonds. The summed E-state index contributed by atoms with van der Waals surface area (Å²) in [5, 5.41) is 11.2. The van der Waals surface area contributed by atoms with Gasteiger partial charge in [-0.3, -0.25) is 4.79 Å². The minimum absolute atomic E-state index is 0.228. The molecule has 1 N–H and O–H groups in total. The largest absolute Gasteiger partial charge is 0.497 e. The first kappa shape index (κ1) is 22.1. The number of fused-ring (bicyclic) bond motifs is 1. The van der Waals surface area contributed by atoms with Crippen LogP contribution in [0.4, 0.5) is 0 Å². The standard InChI is InChI=1S/C25H22N6O4/c1-16-5-3-6-18(13-16)22-27-24(35-29-22)20-7-4-12-30-23(20)28-31(25(30)33)15-21(32)26-14-17-8-10-19(34-2)11-9-17/h3-13H,14-15H2,1-2H3,(H,26,32). The summed E-state index contributed by atoms with van der Waals surface area (Å²) in [7, 11) is 1.59. The fourth-order valence-corrected chi connectivity index (χ4v) is 3.68. The number of carbonyl (C=O) groups excluding carboxylic acids is 1. The van der Waals surface area contributed by atoms with Gasteiger partial charge < -0.3 is 14.6 Å². The lowest BCUT2D eigenvalue weighted by molar-refractivity contribution is -0.122. The predicted molar refractivity (Wildman–Crippen MR) is 128 cm³/mol. The number of nitrogens with one attached hydrogen (secondary N) is 1. The van der Waals surface area contributed by atoms with Crippen LogP contribution in [-0.4, -0.2) is 37.3 Å². The van der Waals surface area contributed by atoms with Crippen LogP contribution in [0.3, 0.4) is 0 Å². The fraction of sp³-hybridized carbons (Fsp3) is 0.160. The first-order valence-electron chi connectivity index (χ1n) is 10.9. The van der Waals surface area contributed by atoms with Gasteiger partial charge in [0.2, 0.25) is 11.7 Å². The van der Waals surface area contributed by atoms with Crippen molar-refractivity contribution in [2.75, 3.05) is 7.11 Å².